The van der Waals surface area contributed by atoms with Crippen LogP contribution in [0.2, 0.25) is 0 Å². The highest BCUT2D eigenvalue weighted by Gasteiger charge is 2.33. The van der Waals surface area contributed by atoms with Gasteiger partial charge in [0.05, 0.1) is 17.9 Å². The summed E-state index contributed by atoms with van der Waals surface area (Å²) < 4.78 is 7.59. The van der Waals surface area contributed by atoms with Crippen LogP contribution < -0.4 is 5.32 Å². The van der Waals surface area contributed by atoms with Crippen molar-refractivity contribution < 1.29 is 9.53 Å². The van der Waals surface area contributed by atoms with Gasteiger partial charge < -0.3 is 19.5 Å². The zero-order valence-corrected chi connectivity index (χ0v) is 16.8. The maximum absolute atomic E-state index is 13.2. The van der Waals surface area contributed by atoms with E-state index in [1.807, 2.05) is 30.0 Å². The molecule has 0 saturated carbocycles. The number of ether oxygens (including phenoxy) is 1. The summed E-state index contributed by atoms with van der Waals surface area (Å²) in [6, 6.07) is 16.5. The zero-order chi connectivity index (χ0) is 19.3. The van der Waals surface area contributed by atoms with Crippen molar-refractivity contribution in [2.75, 3.05) is 19.8 Å². The van der Waals surface area contributed by atoms with Crippen LogP contribution in [0.4, 0.5) is 4.79 Å². The number of urea groups is 1. The van der Waals surface area contributed by atoms with E-state index in [-0.39, 0.29) is 12.1 Å². The lowest BCUT2D eigenvalue weighted by Crippen LogP contribution is -2.42. The summed E-state index contributed by atoms with van der Waals surface area (Å²) in [6.07, 6.45) is 2.89. The Bertz CT molecular complexity index is 920. The monoisotopic (exact) mass is 395 g/mol. The van der Waals surface area contributed by atoms with Crippen molar-refractivity contribution in [2.24, 2.45) is 0 Å². The average molecular weight is 396 g/mol. The molecule has 0 aliphatic carbocycles. The third-order valence-corrected chi connectivity index (χ3v) is 5.91. The first-order chi connectivity index (χ1) is 13.8. The summed E-state index contributed by atoms with van der Waals surface area (Å²) in [6.45, 7) is 4.52. The van der Waals surface area contributed by atoms with Gasteiger partial charge in [-0.2, -0.15) is 0 Å². The van der Waals surface area contributed by atoms with Gasteiger partial charge in [0, 0.05) is 30.8 Å². The summed E-state index contributed by atoms with van der Waals surface area (Å²) >= 11 is 1.69. The highest BCUT2D eigenvalue weighted by molar-refractivity contribution is 7.10. The lowest BCUT2D eigenvalue weighted by molar-refractivity contribution is 0.143. The molecule has 6 heteroatoms. The van der Waals surface area contributed by atoms with Gasteiger partial charge in [-0.1, -0.05) is 24.3 Å². The number of amides is 2. The Hall–Kier alpha value is -2.57. The lowest BCUT2D eigenvalue weighted by atomic mass is 10.1. The topological polar surface area (TPSA) is 46.5 Å². The van der Waals surface area contributed by atoms with E-state index in [0.29, 0.717) is 26.3 Å². The molecule has 1 aromatic carbocycles. The second-order valence-electron chi connectivity index (χ2n) is 6.76. The molecule has 0 bridgehead atoms. The number of carbonyl (C=O) groups is 1. The Labute approximate surface area is 169 Å². The van der Waals surface area contributed by atoms with Crippen LogP contribution in [0, 0.1) is 0 Å². The molecule has 146 valence electrons. The number of hydrogen-bond acceptors (Lipinski definition) is 3. The third-order valence-electron chi connectivity index (χ3n) is 4.98. The van der Waals surface area contributed by atoms with Crippen LogP contribution in [0.25, 0.3) is 5.69 Å². The van der Waals surface area contributed by atoms with Crippen molar-refractivity contribution in [3.05, 3.63) is 76.2 Å². The van der Waals surface area contributed by atoms with Crippen LogP contribution in [-0.4, -0.2) is 35.3 Å². The van der Waals surface area contributed by atoms with E-state index in [1.165, 1.54) is 0 Å². The largest absolute Gasteiger partial charge is 0.382 e. The fraction of sp³-hybridized carbons (Fsp3) is 0.318. The SMILES string of the molecule is CCOCCCNC(=O)N1Cc2ccccc2-n2cccc2C1c1cccs1. The lowest BCUT2D eigenvalue weighted by Gasteiger charge is -2.30. The molecule has 3 heterocycles. The van der Waals surface area contributed by atoms with Crippen LogP contribution >= 0.6 is 11.3 Å². The normalized spacial score (nSPS) is 15.6. The molecule has 2 aromatic heterocycles. The number of nitrogens with one attached hydrogen (secondary N) is 1. The number of fused-ring (bicyclic) bond motifs is 3. The second-order valence-corrected chi connectivity index (χ2v) is 7.74. The summed E-state index contributed by atoms with van der Waals surface area (Å²) in [5.41, 5.74) is 3.39. The van der Waals surface area contributed by atoms with Crippen molar-refractivity contribution in [1.82, 2.24) is 14.8 Å². The summed E-state index contributed by atoms with van der Waals surface area (Å²) in [5.74, 6) is 0. The van der Waals surface area contributed by atoms with E-state index >= 15 is 0 Å². The fourth-order valence-electron chi connectivity index (χ4n) is 3.70. The second kappa shape index (κ2) is 8.63. The van der Waals surface area contributed by atoms with Gasteiger partial charge in [0.1, 0.15) is 6.04 Å². The minimum atomic E-state index is -0.116. The number of nitrogens with zero attached hydrogens (tertiary/aromatic N) is 2. The van der Waals surface area contributed by atoms with Crippen LogP contribution in [0.3, 0.4) is 0 Å². The molecule has 0 fully saturated rings. The smallest absolute Gasteiger partial charge is 0.318 e. The first kappa shape index (κ1) is 18.8. The van der Waals surface area contributed by atoms with Gasteiger partial charge in [-0.3, -0.25) is 0 Å². The molecular formula is C22H25N3O2S. The molecule has 1 aliphatic rings. The predicted molar refractivity (Wildman–Crippen MR) is 112 cm³/mol. The molecule has 2 amide bonds. The van der Waals surface area contributed by atoms with E-state index in [4.69, 9.17) is 4.74 Å². The highest BCUT2D eigenvalue weighted by Crippen LogP contribution is 2.38. The molecule has 5 nitrogen and oxygen atoms in total. The average Bonchev–Trinajstić information content (AvgIpc) is 3.38. The first-order valence-corrected chi connectivity index (χ1v) is 10.6. The van der Waals surface area contributed by atoms with Gasteiger partial charge >= 0.3 is 6.03 Å². The van der Waals surface area contributed by atoms with Crippen molar-refractivity contribution >= 4 is 17.4 Å². The summed E-state index contributed by atoms with van der Waals surface area (Å²) in [7, 11) is 0. The molecule has 0 saturated heterocycles. The molecule has 1 aliphatic heterocycles. The highest BCUT2D eigenvalue weighted by atomic mass is 32.1. The molecule has 1 unspecified atom stereocenters. The molecule has 3 aromatic rings. The molecule has 1 atom stereocenters. The van der Waals surface area contributed by atoms with Crippen molar-refractivity contribution in [1.29, 1.82) is 0 Å². The minimum Gasteiger partial charge on any atom is -0.382 e. The fourth-order valence-corrected chi connectivity index (χ4v) is 4.55. The Balaban J connectivity index is 1.67. The minimum absolute atomic E-state index is 0.0423. The van der Waals surface area contributed by atoms with E-state index in [2.05, 4.69) is 51.8 Å². The Morgan fingerprint density at radius 3 is 2.93 bits per heavy atom. The first-order valence-electron chi connectivity index (χ1n) is 9.70. The van der Waals surface area contributed by atoms with E-state index < -0.39 is 0 Å². The number of thiophene rings is 1. The molecule has 0 radical (unpaired) electrons. The maximum Gasteiger partial charge on any atom is 0.318 e. The Morgan fingerprint density at radius 2 is 2.11 bits per heavy atom. The number of para-hydroxylation sites is 1. The van der Waals surface area contributed by atoms with Crippen LogP contribution in [0.5, 0.6) is 0 Å². The van der Waals surface area contributed by atoms with E-state index in [9.17, 15) is 4.79 Å². The predicted octanol–water partition coefficient (Wildman–Crippen LogP) is 4.58. The standard InChI is InChI=1S/C22H25N3O2S/c1-2-27-14-7-12-23-22(26)25-16-17-8-3-4-9-18(17)24-13-5-10-19(24)21(25)20-11-6-15-28-20/h3-6,8-11,13,15,21H,2,7,12,14,16H2,1H3,(H,23,26). The zero-order valence-electron chi connectivity index (χ0n) is 16.0. The van der Waals surface area contributed by atoms with E-state index in [0.717, 1.165) is 28.2 Å². The number of benzene rings is 1. The van der Waals surface area contributed by atoms with Gasteiger partial charge in [0.25, 0.3) is 0 Å². The van der Waals surface area contributed by atoms with Crippen molar-refractivity contribution in [3.8, 4) is 5.69 Å². The maximum atomic E-state index is 13.2. The van der Waals surface area contributed by atoms with Crippen LogP contribution in [0.1, 0.15) is 35.5 Å². The van der Waals surface area contributed by atoms with Crippen LogP contribution in [0.15, 0.2) is 60.1 Å². The molecule has 1 N–H and O–H groups in total. The third kappa shape index (κ3) is 3.70. The number of aromatic nitrogens is 1. The van der Waals surface area contributed by atoms with Gasteiger partial charge in [-0.05, 0) is 48.6 Å². The molecule has 4 rings (SSSR count). The number of carbonyl (C=O) groups excluding carboxylic acids is 1. The van der Waals surface area contributed by atoms with Crippen molar-refractivity contribution in [2.45, 2.75) is 25.9 Å². The van der Waals surface area contributed by atoms with E-state index in [1.54, 1.807) is 11.3 Å². The summed E-state index contributed by atoms with van der Waals surface area (Å²) in [4.78, 5) is 16.3. The van der Waals surface area contributed by atoms with Crippen LogP contribution in [-0.2, 0) is 11.3 Å². The quantitative estimate of drug-likeness (QED) is 0.621. The van der Waals surface area contributed by atoms with Gasteiger partial charge in [-0.25, -0.2) is 4.79 Å². The Kier molecular flexibility index (Phi) is 5.78. The van der Waals surface area contributed by atoms with Gasteiger partial charge in [0.2, 0.25) is 0 Å². The number of hydrogen-bond donors (Lipinski definition) is 1. The molecule has 0 spiro atoms. The Morgan fingerprint density at radius 1 is 1.21 bits per heavy atom. The van der Waals surface area contributed by atoms with Gasteiger partial charge in [0.15, 0.2) is 0 Å². The van der Waals surface area contributed by atoms with Gasteiger partial charge in [-0.15, -0.1) is 11.3 Å². The number of rotatable bonds is 6. The molecule has 28 heavy (non-hydrogen) atoms. The molecular weight excluding hydrogens is 370 g/mol. The summed E-state index contributed by atoms with van der Waals surface area (Å²) in [5, 5.41) is 5.16. The van der Waals surface area contributed by atoms with Crippen molar-refractivity contribution in [3.63, 3.8) is 0 Å².